The Balaban J connectivity index is 0.00000451. The molecule has 29 nitrogen and oxygen atoms in total. The Bertz CT molecular complexity index is 3430. The summed E-state index contributed by atoms with van der Waals surface area (Å²) in [6, 6.07) is 19.4. The van der Waals surface area contributed by atoms with Gasteiger partial charge < -0.3 is 20.4 Å². The van der Waals surface area contributed by atoms with Gasteiger partial charge in [0.15, 0.2) is 0 Å². The molecule has 31 heteroatoms. The maximum Gasteiger partial charge on any atom is 4.00 e. The molecule has 7 aromatic heterocycles. The van der Waals surface area contributed by atoms with E-state index in [0.717, 1.165) is 17.1 Å². The van der Waals surface area contributed by atoms with Gasteiger partial charge in [-0.25, -0.2) is 24.0 Å². The summed E-state index contributed by atoms with van der Waals surface area (Å²) in [4.78, 5) is 86.1. The van der Waals surface area contributed by atoms with Crippen LogP contribution in [0.5, 0.6) is 0 Å². The van der Waals surface area contributed by atoms with Crippen LogP contribution in [-0.4, -0.2) is 279 Å². The zero-order valence-electron chi connectivity index (χ0n) is 47.8. The number of carboxylic acids is 4. The van der Waals surface area contributed by atoms with E-state index in [0.29, 0.717) is 188 Å². The predicted octanol–water partition coefficient (Wildman–Crippen LogP) is -0.0633. The van der Waals surface area contributed by atoms with E-state index in [2.05, 4.69) is 40.2 Å². The summed E-state index contributed by atoms with van der Waals surface area (Å²) in [6.45, 7) is 9.17. The van der Waals surface area contributed by atoms with Gasteiger partial charge in [0.05, 0.1) is 109 Å². The molecule has 12 bridgehead atoms. The zero-order valence-corrected chi connectivity index (χ0v) is 51.7. The summed E-state index contributed by atoms with van der Waals surface area (Å²) in [7, 11) is 0. The molecule has 0 aliphatic carbocycles. The fourth-order valence-corrected chi connectivity index (χ4v) is 11.4. The molecule has 1 radical (unpaired) electrons. The SMILES string of the molecule is O=C(O)CN1CCN2CCN(CC(=O)O)CCN(CC1)Cc1cccc(n1)-c1cnnn1Cc1cc(-n3cc(-c4cc5nc(c4)-c4cnnn4Cc4cccc(n4)CN4CCN(CC(=O)O)CCN(CCN(CC(=O)O)CC4)C5)nn3)cc(n1)C2.[176Yb].[Tb+4]. The Labute approximate surface area is 571 Å². The average Bonchev–Trinajstić information content (AvgIpc) is 3.31. The zero-order chi connectivity index (χ0) is 58.8. The number of aromatic nitrogens is 13. The molecule has 0 atom stereocenters. The molecule has 4 N–H and O–H groups in total. The summed E-state index contributed by atoms with van der Waals surface area (Å²) in [5.74, 6) is -3.70. The van der Waals surface area contributed by atoms with Crippen molar-refractivity contribution in [1.82, 2.24) is 104 Å². The molecule has 0 saturated carbocycles. The molecule has 7 aromatic rings. The van der Waals surface area contributed by atoms with E-state index in [9.17, 15) is 39.6 Å². The van der Waals surface area contributed by atoms with Gasteiger partial charge in [0, 0.05) is 183 Å². The molecular formula is C56H69N21O8TbYb+4. The summed E-state index contributed by atoms with van der Waals surface area (Å²) < 4.78 is 5.23. The normalized spacial score (nSPS) is 20.5. The topological polar surface area (TPSA) is 319 Å². The summed E-state index contributed by atoms with van der Waals surface area (Å²) in [5.41, 5.74) is 8.66. The van der Waals surface area contributed by atoms with Gasteiger partial charge in [-0.2, -0.15) is 0 Å². The molecule has 0 amide bonds. The maximum atomic E-state index is 12.3. The molecule has 13 heterocycles. The number of fused-ring (bicyclic) bond motifs is 16. The van der Waals surface area contributed by atoms with E-state index in [1.807, 2.05) is 86.5 Å². The number of rotatable bonds is 10. The van der Waals surface area contributed by atoms with Crippen LogP contribution < -0.4 is 0 Å². The van der Waals surface area contributed by atoms with Crippen LogP contribution in [0.25, 0.3) is 39.7 Å². The third-order valence-corrected chi connectivity index (χ3v) is 15.7. The third-order valence-electron chi connectivity index (χ3n) is 15.7. The van der Waals surface area contributed by atoms with Crippen LogP contribution in [0.15, 0.2) is 79.3 Å². The molecule has 2 fully saturated rings. The molecule has 0 unspecified atom stereocenters. The van der Waals surface area contributed by atoms with E-state index in [4.69, 9.17) is 30.2 Å². The molecule has 2 saturated heterocycles. The fraction of sp³-hybridized carbons (Fsp3) is 0.464. The van der Waals surface area contributed by atoms with Gasteiger partial charge in [-0.15, -0.1) is 15.3 Å². The smallest absolute Gasteiger partial charge is 0.480 e. The number of carbonyl (C=O) groups is 4. The second-order valence-electron chi connectivity index (χ2n) is 22.1. The number of hydrogen-bond donors (Lipinski definition) is 4. The molecule has 13 rings (SSSR count). The standard InChI is InChI=1S/C56H69N21O8.Tb.Yb/c78-53(79)36-71-15-7-67-8-16-72(37-54(80)81)20-12-69(11-19-71)31-44-23-40(24-49(62-44)52-28-58-64-76(52)33-43-4-1-3-41(29-67)59-43)50-35-75(66-63-50)47-25-45-32-70-13-21-73(38-55(82)83)17-9-68(10-18-74(22-14-70)39-56(84)85)30-42-5-2-6-48(61-42)51-27-57-65-77(51)34-46(26-47)60-45;;/h1-6,23-28,35H,7-22,29-34,36-39H2,(H,78,79)(H,80,81)(H,82,83)(H,84,85);;/q;+4;/i;;1+3. The molecule has 6 aliphatic heterocycles. The summed E-state index contributed by atoms with van der Waals surface area (Å²) in [6.07, 6.45) is 5.18. The molecule has 0 spiro atoms. The number of hydrogen-bond acceptors (Lipinski definition) is 22. The van der Waals surface area contributed by atoms with E-state index >= 15 is 0 Å². The molecule has 6 aliphatic rings. The van der Waals surface area contributed by atoms with Gasteiger partial charge >= 0.3 is 62.5 Å². The Kier molecular flexibility index (Phi) is 23.6. The molecule has 465 valence electrons. The van der Waals surface area contributed by atoms with Gasteiger partial charge in [-0.1, -0.05) is 27.8 Å². The fourth-order valence-electron chi connectivity index (χ4n) is 11.4. The van der Waals surface area contributed by atoms with Crippen molar-refractivity contribution in [2.24, 2.45) is 0 Å². The minimum absolute atomic E-state index is 0. The van der Waals surface area contributed by atoms with Crippen molar-refractivity contribution in [2.75, 3.05) is 131 Å². The predicted molar refractivity (Wildman–Crippen MR) is 305 cm³/mol. The average molecular weight is 1500 g/mol. The number of pyridine rings is 4. The molecule has 87 heavy (non-hydrogen) atoms. The second kappa shape index (κ2) is 31.2. The van der Waals surface area contributed by atoms with Crippen LogP contribution in [0, 0.1) is 85.5 Å². The van der Waals surface area contributed by atoms with Crippen LogP contribution in [0.1, 0.15) is 34.2 Å². The minimum Gasteiger partial charge on any atom is -0.480 e. The van der Waals surface area contributed by atoms with Crippen molar-refractivity contribution in [3.63, 3.8) is 0 Å². The van der Waals surface area contributed by atoms with Crippen molar-refractivity contribution in [3.05, 3.63) is 113 Å². The first kappa shape index (κ1) is 65.8. The van der Waals surface area contributed by atoms with E-state index in [-0.39, 0.29) is 125 Å². The Morgan fingerprint density at radius 1 is 0.402 bits per heavy atom. The van der Waals surface area contributed by atoms with Crippen LogP contribution in [-0.2, 0) is 58.4 Å². The van der Waals surface area contributed by atoms with E-state index in [1.54, 1.807) is 26.4 Å². The first-order valence-electron chi connectivity index (χ1n) is 28.5. The largest absolute Gasteiger partial charge is 4.00 e. The summed E-state index contributed by atoms with van der Waals surface area (Å²) in [5, 5.41) is 67.3. The van der Waals surface area contributed by atoms with Crippen LogP contribution >= 0.6 is 0 Å². The Morgan fingerprint density at radius 2 is 0.770 bits per heavy atom. The van der Waals surface area contributed by atoms with Gasteiger partial charge in [0.1, 0.15) is 17.1 Å². The van der Waals surface area contributed by atoms with Crippen molar-refractivity contribution in [2.45, 2.75) is 39.3 Å². The van der Waals surface area contributed by atoms with Gasteiger partial charge in [-0.3, -0.25) is 68.3 Å². The van der Waals surface area contributed by atoms with Crippen LogP contribution in [0.2, 0.25) is 0 Å². The van der Waals surface area contributed by atoms with Gasteiger partial charge in [-0.05, 0) is 48.5 Å². The quantitative estimate of drug-likeness (QED) is 0.139. The third kappa shape index (κ3) is 18.5. The number of carboxylic acid groups (broad SMARTS) is 4. The minimum atomic E-state index is -0.925. The van der Waals surface area contributed by atoms with Crippen LogP contribution in [0.4, 0.5) is 0 Å². The first-order chi connectivity index (χ1) is 41.2. The Morgan fingerprint density at radius 3 is 1.24 bits per heavy atom. The molecular weight excluding hydrogens is 1430 g/mol. The van der Waals surface area contributed by atoms with Crippen LogP contribution in [0.3, 0.4) is 0 Å². The first-order valence-corrected chi connectivity index (χ1v) is 28.5. The van der Waals surface area contributed by atoms with E-state index < -0.39 is 23.9 Å². The monoisotopic (exact) mass is 1500 g/mol. The van der Waals surface area contributed by atoms with Gasteiger partial charge in [0.2, 0.25) is 0 Å². The van der Waals surface area contributed by atoms with Crippen molar-refractivity contribution in [1.29, 1.82) is 0 Å². The number of nitrogens with zero attached hydrogens (tertiary/aromatic N) is 21. The van der Waals surface area contributed by atoms with Crippen molar-refractivity contribution in [3.8, 4) is 39.7 Å². The Hall–Kier alpha value is -5.61. The van der Waals surface area contributed by atoms with Crippen molar-refractivity contribution >= 4 is 23.9 Å². The van der Waals surface area contributed by atoms with Gasteiger partial charge in [0.25, 0.3) is 0 Å². The second-order valence-corrected chi connectivity index (χ2v) is 22.1. The number of aliphatic carboxylic acids is 4. The van der Waals surface area contributed by atoms with Crippen molar-refractivity contribution < 1.29 is 125 Å². The summed E-state index contributed by atoms with van der Waals surface area (Å²) >= 11 is 0. The van der Waals surface area contributed by atoms with E-state index in [1.165, 1.54) is 0 Å². The maximum absolute atomic E-state index is 12.3. The molecule has 0 aromatic carbocycles.